The average molecular weight is 299 g/mol. The molecule has 1 atom stereocenters. The Balaban J connectivity index is 1.86. The van der Waals surface area contributed by atoms with E-state index < -0.39 is 0 Å². The second kappa shape index (κ2) is 11.4. The van der Waals surface area contributed by atoms with Gasteiger partial charge in [-0.1, -0.05) is 52.4 Å². The molecule has 1 rings (SSSR count). The van der Waals surface area contributed by atoms with Crippen molar-refractivity contribution in [3.05, 3.63) is 0 Å². The molecule has 1 unspecified atom stereocenters. The van der Waals surface area contributed by atoms with Gasteiger partial charge in [-0.25, -0.2) is 0 Å². The zero-order chi connectivity index (χ0) is 15.4. The largest absolute Gasteiger partial charge is 0.389 e. The molecule has 0 heterocycles. The molecule has 0 bridgehead atoms. The van der Waals surface area contributed by atoms with Crippen LogP contribution in [0.2, 0.25) is 0 Å². The van der Waals surface area contributed by atoms with Crippen LogP contribution in [0.5, 0.6) is 0 Å². The summed E-state index contributed by atoms with van der Waals surface area (Å²) in [6.07, 6.45) is 12.7. The molecular formula is C18H37NO2. The van der Waals surface area contributed by atoms with Crippen LogP contribution in [0.15, 0.2) is 0 Å². The van der Waals surface area contributed by atoms with Gasteiger partial charge in [-0.15, -0.1) is 0 Å². The third-order valence-corrected chi connectivity index (χ3v) is 5.00. The molecule has 1 aliphatic rings. The summed E-state index contributed by atoms with van der Waals surface area (Å²) in [6.45, 7) is 7.51. The Bertz CT molecular complexity index is 236. The molecule has 2 N–H and O–H groups in total. The fourth-order valence-corrected chi connectivity index (χ4v) is 3.10. The molecule has 1 fully saturated rings. The number of aliphatic hydroxyl groups excluding tert-OH is 1. The van der Waals surface area contributed by atoms with E-state index in [0.717, 1.165) is 19.6 Å². The second-order valence-electron chi connectivity index (χ2n) is 6.83. The monoisotopic (exact) mass is 299 g/mol. The van der Waals surface area contributed by atoms with Crippen LogP contribution in [-0.2, 0) is 4.74 Å². The molecule has 0 aromatic carbocycles. The van der Waals surface area contributed by atoms with Gasteiger partial charge < -0.3 is 15.2 Å². The number of ether oxygens (including phenoxy) is 1. The van der Waals surface area contributed by atoms with Crippen LogP contribution in [0, 0.1) is 5.41 Å². The molecule has 21 heavy (non-hydrogen) atoms. The lowest BCUT2D eigenvalue weighted by Crippen LogP contribution is -2.42. The highest BCUT2D eigenvalue weighted by Crippen LogP contribution is 2.42. The summed E-state index contributed by atoms with van der Waals surface area (Å²) in [5, 5.41) is 13.3. The van der Waals surface area contributed by atoms with Gasteiger partial charge in [-0.05, 0) is 31.1 Å². The quantitative estimate of drug-likeness (QED) is 0.478. The summed E-state index contributed by atoms with van der Waals surface area (Å²) in [7, 11) is 0. The van der Waals surface area contributed by atoms with Gasteiger partial charge >= 0.3 is 0 Å². The van der Waals surface area contributed by atoms with Gasteiger partial charge in [-0.2, -0.15) is 0 Å². The first kappa shape index (κ1) is 18.9. The van der Waals surface area contributed by atoms with Gasteiger partial charge in [0, 0.05) is 19.7 Å². The Morgan fingerprint density at radius 3 is 2.43 bits per heavy atom. The van der Waals surface area contributed by atoms with E-state index in [0.29, 0.717) is 18.6 Å². The number of unbranched alkanes of at least 4 members (excludes halogenated alkanes) is 5. The van der Waals surface area contributed by atoms with Crippen molar-refractivity contribution in [3.8, 4) is 0 Å². The maximum Gasteiger partial charge on any atom is 0.0897 e. The Labute approximate surface area is 131 Å². The van der Waals surface area contributed by atoms with Gasteiger partial charge in [0.15, 0.2) is 0 Å². The highest BCUT2D eigenvalue weighted by atomic mass is 16.5. The van der Waals surface area contributed by atoms with E-state index in [2.05, 4.69) is 19.2 Å². The predicted octanol–water partition coefficient (Wildman–Crippen LogP) is 3.89. The first-order valence-corrected chi connectivity index (χ1v) is 9.19. The summed E-state index contributed by atoms with van der Waals surface area (Å²) in [5.41, 5.74) is 0.527. The molecule has 0 saturated heterocycles. The lowest BCUT2D eigenvalue weighted by molar-refractivity contribution is 0.0313. The van der Waals surface area contributed by atoms with E-state index in [1.807, 2.05) is 0 Å². The molecule has 0 amide bonds. The minimum Gasteiger partial charge on any atom is -0.389 e. The molecule has 0 spiro atoms. The van der Waals surface area contributed by atoms with Crippen LogP contribution < -0.4 is 5.32 Å². The van der Waals surface area contributed by atoms with Crippen LogP contribution in [-0.4, -0.2) is 37.5 Å². The molecule has 0 aromatic rings. The summed E-state index contributed by atoms with van der Waals surface area (Å²) in [6, 6.07) is 0. The summed E-state index contributed by atoms with van der Waals surface area (Å²) < 4.78 is 5.56. The van der Waals surface area contributed by atoms with Crippen molar-refractivity contribution in [1.29, 1.82) is 0 Å². The highest BCUT2D eigenvalue weighted by Gasteiger charge is 2.34. The molecular weight excluding hydrogens is 262 g/mol. The van der Waals surface area contributed by atoms with Gasteiger partial charge in [-0.3, -0.25) is 0 Å². The van der Waals surface area contributed by atoms with Crippen LogP contribution in [0.3, 0.4) is 0 Å². The fraction of sp³-hybridized carbons (Fsp3) is 1.00. The van der Waals surface area contributed by atoms with Crippen molar-refractivity contribution in [1.82, 2.24) is 5.32 Å². The summed E-state index contributed by atoms with van der Waals surface area (Å²) >= 11 is 0. The van der Waals surface area contributed by atoms with E-state index in [-0.39, 0.29) is 6.10 Å². The Morgan fingerprint density at radius 2 is 1.81 bits per heavy atom. The minimum absolute atomic E-state index is 0.362. The maximum atomic E-state index is 9.89. The third-order valence-electron chi connectivity index (χ3n) is 5.00. The zero-order valence-electron chi connectivity index (χ0n) is 14.3. The predicted molar refractivity (Wildman–Crippen MR) is 89.6 cm³/mol. The van der Waals surface area contributed by atoms with Crippen molar-refractivity contribution in [2.24, 2.45) is 5.41 Å². The molecule has 3 nitrogen and oxygen atoms in total. The number of nitrogens with one attached hydrogen (secondary N) is 1. The first-order valence-electron chi connectivity index (χ1n) is 9.19. The van der Waals surface area contributed by atoms with Crippen molar-refractivity contribution >= 4 is 0 Å². The van der Waals surface area contributed by atoms with E-state index in [4.69, 9.17) is 4.74 Å². The number of hydrogen-bond acceptors (Lipinski definition) is 3. The van der Waals surface area contributed by atoms with Crippen LogP contribution >= 0.6 is 0 Å². The Hall–Kier alpha value is -0.120. The highest BCUT2D eigenvalue weighted by molar-refractivity contribution is 4.88. The van der Waals surface area contributed by atoms with Crippen molar-refractivity contribution < 1.29 is 9.84 Å². The topological polar surface area (TPSA) is 41.5 Å². The van der Waals surface area contributed by atoms with Crippen molar-refractivity contribution in [3.63, 3.8) is 0 Å². The summed E-state index contributed by atoms with van der Waals surface area (Å²) in [5.74, 6) is 0. The van der Waals surface area contributed by atoms with Crippen molar-refractivity contribution in [2.45, 2.75) is 84.2 Å². The molecule has 1 saturated carbocycles. The minimum atomic E-state index is -0.362. The molecule has 3 heteroatoms. The van der Waals surface area contributed by atoms with Crippen LogP contribution in [0.1, 0.15) is 78.1 Å². The molecule has 1 aliphatic carbocycles. The first-order chi connectivity index (χ1) is 10.2. The SMILES string of the molecule is CCCCCCCCOCC(O)CNCC1(CC)CCC1. The molecule has 0 aromatic heterocycles. The molecule has 126 valence electrons. The van der Waals surface area contributed by atoms with Crippen LogP contribution in [0.4, 0.5) is 0 Å². The average Bonchev–Trinajstić information content (AvgIpc) is 2.45. The summed E-state index contributed by atoms with van der Waals surface area (Å²) in [4.78, 5) is 0. The Kier molecular flexibility index (Phi) is 10.3. The number of aliphatic hydroxyl groups is 1. The third kappa shape index (κ3) is 8.18. The van der Waals surface area contributed by atoms with Gasteiger partial charge in [0.25, 0.3) is 0 Å². The zero-order valence-corrected chi connectivity index (χ0v) is 14.3. The number of hydrogen-bond donors (Lipinski definition) is 2. The van der Waals surface area contributed by atoms with Gasteiger partial charge in [0.2, 0.25) is 0 Å². The standard InChI is InChI=1S/C18H37NO2/c1-3-5-6-7-8-9-13-21-15-17(20)14-19-16-18(4-2)11-10-12-18/h17,19-20H,3-16H2,1-2H3. The smallest absolute Gasteiger partial charge is 0.0897 e. The van der Waals surface area contributed by atoms with Gasteiger partial charge in [0.05, 0.1) is 12.7 Å². The van der Waals surface area contributed by atoms with Crippen molar-refractivity contribution in [2.75, 3.05) is 26.3 Å². The lowest BCUT2D eigenvalue weighted by Gasteiger charge is -2.41. The Morgan fingerprint density at radius 1 is 1.10 bits per heavy atom. The fourth-order valence-electron chi connectivity index (χ4n) is 3.10. The number of rotatable bonds is 14. The molecule has 0 aliphatic heterocycles. The van der Waals surface area contributed by atoms with Gasteiger partial charge in [0.1, 0.15) is 0 Å². The van der Waals surface area contributed by atoms with E-state index >= 15 is 0 Å². The van der Waals surface area contributed by atoms with E-state index in [1.54, 1.807) is 0 Å². The normalized spacial score (nSPS) is 18.4. The van der Waals surface area contributed by atoms with E-state index in [1.165, 1.54) is 57.8 Å². The van der Waals surface area contributed by atoms with E-state index in [9.17, 15) is 5.11 Å². The maximum absolute atomic E-state index is 9.89. The van der Waals surface area contributed by atoms with Crippen LogP contribution in [0.25, 0.3) is 0 Å². The molecule has 0 radical (unpaired) electrons. The second-order valence-corrected chi connectivity index (χ2v) is 6.83. The lowest BCUT2D eigenvalue weighted by atomic mass is 9.67.